The van der Waals surface area contributed by atoms with Crippen molar-refractivity contribution in [2.45, 2.75) is 45.1 Å². The molecule has 0 radical (unpaired) electrons. The van der Waals surface area contributed by atoms with E-state index in [0.29, 0.717) is 30.3 Å². The summed E-state index contributed by atoms with van der Waals surface area (Å²) in [6.45, 7) is 6.55. The number of likely N-dealkylation sites (tertiary alicyclic amines) is 1. The third-order valence-corrected chi connectivity index (χ3v) is 5.76. The number of rotatable bonds is 5. The van der Waals surface area contributed by atoms with Crippen molar-refractivity contribution < 1.29 is 19.1 Å². The van der Waals surface area contributed by atoms with Crippen molar-refractivity contribution in [1.29, 1.82) is 0 Å². The van der Waals surface area contributed by atoms with Gasteiger partial charge in [0.2, 0.25) is 0 Å². The fraction of sp³-hybridized carbons (Fsp3) is 0.462. The van der Waals surface area contributed by atoms with Crippen LogP contribution < -0.4 is 0 Å². The summed E-state index contributed by atoms with van der Waals surface area (Å²) in [7, 11) is 5.02. The molecule has 11 nitrogen and oxygen atoms in total. The van der Waals surface area contributed by atoms with Gasteiger partial charge in [0.05, 0.1) is 19.1 Å². The van der Waals surface area contributed by atoms with Crippen molar-refractivity contribution >= 4 is 30.0 Å². The van der Waals surface area contributed by atoms with E-state index in [4.69, 9.17) is 24.5 Å². The van der Waals surface area contributed by atoms with E-state index in [0.717, 1.165) is 18.4 Å². The lowest BCUT2D eigenvalue weighted by Crippen LogP contribution is -2.42. The van der Waals surface area contributed by atoms with E-state index in [9.17, 15) is 9.59 Å². The maximum absolute atomic E-state index is 13.0. The number of hydrogen-bond donors (Lipinski definition) is 0. The Balaban J connectivity index is 1.83. The van der Waals surface area contributed by atoms with Gasteiger partial charge in [-0.2, -0.15) is 4.52 Å². The molecular weight excluding hydrogens is 474 g/mol. The highest BCUT2D eigenvalue weighted by atomic mass is 16.6. The van der Waals surface area contributed by atoms with Gasteiger partial charge in [0, 0.05) is 38.7 Å². The summed E-state index contributed by atoms with van der Waals surface area (Å²) in [6.07, 6.45) is 2.82. The number of benzene rings is 1. The van der Waals surface area contributed by atoms with Crippen LogP contribution in [-0.4, -0.2) is 87.7 Å². The maximum atomic E-state index is 13.0. The van der Waals surface area contributed by atoms with Gasteiger partial charge in [0.25, 0.3) is 5.95 Å². The molecule has 1 saturated heterocycles. The number of methoxy groups -OCH3 is 1. The second-order valence-electron chi connectivity index (χ2n) is 10.2. The number of nitrogens with zero attached hydrogens (tertiary/aromatic N) is 7. The number of piperidine rings is 1. The van der Waals surface area contributed by atoms with Gasteiger partial charge in [-0.15, -0.1) is 5.10 Å². The average Bonchev–Trinajstić information content (AvgIpc) is 3.31. The van der Waals surface area contributed by atoms with E-state index in [1.807, 2.05) is 65.2 Å². The summed E-state index contributed by atoms with van der Waals surface area (Å²) in [4.78, 5) is 43.2. The molecule has 3 aromatic rings. The molecule has 1 amide bonds. The van der Waals surface area contributed by atoms with Crippen LogP contribution in [0.25, 0.3) is 16.9 Å². The summed E-state index contributed by atoms with van der Waals surface area (Å²) in [6, 6.07) is 9.35. The molecule has 1 unspecified atom stereocenters. The van der Waals surface area contributed by atoms with Crippen molar-refractivity contribution in [3.8, 4) is 11.3 Å². The Labute approximate surface area is 216 Å². The third kappa shape index (κ3) is 5.87. The van der Waals surface area contributed by atoms with Crippen molar-refractivity contribution in [3.63, 3.8) is 0 Å². The van der Waals surface area contributed by atoms with Crippen molar-refractivity contribution in [3.05, 3.63) is 41.7 Å². The quantitative estimate of drug-likeness (QED) is 0.290. The van der Waals surface area contributed by atoms with Crippen LogP contribution in [0.1, 0.15) is 55.7 Å². The van der Waals surface area contributed by atoms with E-state index in [-0.39, 0.29) is 23.5 Å². The van der Waals surface area contributed by atoms with E-state index in [1.165, 1.54) is 11.6 Å². The van der Waals surface area contributed by atoms with E-state index < -0.39 is 11.6 Å². The topological polar surface area (TPSA) is 115 Å². The monoisotopic (exact) mass is 507 g/mol. The Bertz CT molecular complexity index is 1310. The minimum absolute atomic E-state index is 0.141. The van der Waals surface area contributed by atoms with Gasteiger partial charge < -0.3 is 19.3 Å². The fourth-order valence-corrected chi connectivity index (χ4v) is 4.14. The molecule has 1 aliphatic heterocycles. The lowest BCUT2D eigenvalue weighted by atomic mass is 9.98. The summed E-state index contributed by atoms with van der Waals surface area (Å²) in [5, 5.41) is 4.72. The van der Waals surface area contributed by atoms with Crippen molar-refractivity contribution in [1.82, 2.24) is 29.4 Å². The number of aromatic nitrogens is 4. The molecule has 0 spiro atoms. The Morgan fingerprint density at radius 2 is 1.89 bits per heavy atom. The predicted molar refractivity (Wildman–Crippen MR) is 139 cm³/mol. The standard InChI is InChI=1S/C26H33N7O4/c1-26(2,3)37-25(35)32-14-10-13-18(15-32)21-29-22-19(23(34)36-6)20(17-11-8-7-9-12-17)28-24(33(22)30-21)27-16-31(4)5/h7-9,11-12,16,18H,10,13-15H2,1-6H3/b27-16+. The maximum Gasteiger partial charge on any atom is 0.410 e. The summed E-state index contributed by atoms with van der Waals surface area (Å²) in [5.74, 6) is 0.0653. The Morgan fingerprint density at radius 1 is 1.16 bits per heavy atom. The van der Waals surface area contributed by atoms with Crippen LogP contribution in [0.2, 0.25) is 0 Å². The van der Waals surface area contributed by atoms with Crippen LogP contribution in [0.4, 0.5) is 10.7 Å². The van der Waals surface area contributed by atoms with Crippen LogP contribution in [0, 0.1) is 0 Å². The van der Waals surface area contributed by atoms with Crippen molar-refractivity contribution in [2.75, 3.05) is 34.3 Å². The average molecular weight is 508 g/mol. The zero-order valence-electron chi connectivity index (χ0n) is 22.1. The number of esters is 1. The van der Waals surface area contributed by atoms with Gasteiger partial charge in [-0.3, -0.25) is 0 Å². The number of carbonyl (C=O) groups is 2. The van der Waals surface area contributed by atoms with Gasteiger partial charge in [-0.25, -0.2) is 24.5 Å². The molecule has 11 heteroatoms. The summed E-state index contributed by atoms with van der Waals surface area (Å²) in [5.41, 5.74) is 1.06. The normalized spacial score (nSPS) is 16.3. The molecule has 1 aromatic carbocycles. The van der Waals surface area contributed by atoms with Gasteiger partial charge in [-0.05, 0) is 33.6 Å². The van der Waals surface area contributed by atoms with Gasteiger partial charge in [0.1, 0.15) is 11.2 Å². The van der Waals surface area contributed by atoms with Crippen LogP contribution >= 0.6 is 0 Å². The number of amides is 1. The molecular formula is C26H33N7O4. The number of ether oxygens (including phenoxy) is 2. The van der Waals surface area contributed by atoms with Crippen LogP contribution in [-0.2, 0) is 9.47 Å². The first-order chi connectivity index (χ1) is 17.6. The second kappa shape index (κ2) is 10.5. The third-order valence-electron chi connectivity index (χ3n) is 5.76. The molecule has 0 aliphatic carbocycles. The van der Waals surface area contributed by atoms with Gasteiger partial charge in [-0.1, -0.05) is 30.3 Å². The molecule has 196 valence electrons. The first kappa shape index (κ1) is 26.1. The first-order valence-corrected chi connectivity index (χ1v) is 12.2. The number of carbonyl (C=O) groups excluding carboxylic acids is 2. The second-order valence-corrected chi connectivity index (χ2v) is 10.2. The molecule has 2 aromatic heterocycles. The molecule has 1 fully saturated rings. The number of fused-ring (bicyclic) bond motifs is 1. The zero-order chi connectivity index (χ0) is 26.7. The Kier molecular flexibility index (Phi) is 7.42. The molecule has 4 rings (SSSR count). The molecule has 0 N–H and O–H groups in total. The Hall–Kier alpha value is -4.02. The number of aliphatic imine (C=N–C) groups is 1. The fourth-order valence-electron chi connectivity index (χ4n) is 4.14. The minimum Gasteiger partial charge on any atom is -0.465 e. The molecule has 37 heavy (non-hydrogen) atoms. The summed E-state index contributed by atoms with van der Waals surface area (Å²) >= 11 is 0. The van der Waals surface area contributed by atoms with Crippen molar-refractivity contribution in [2.24, 2.45) is 4.99 Å². The van der Waals surface area contributed by atoms with Crippen LogP contribution in [0.5, 0.6) is 0 Å². The highest BCUT2D eigenvalue weighted by Crippen LogP contribution is 2.31. The predicted octanol–water partition coefficient (Wildman–Crippen LogP) is 3.91. The van der Waals surface area contributed by atoms with E-state index in [2.05, 4.69) is 4.99 Å². The lowest BCUT2D eigenvalue weighted by Gasteiger charge is -2.33. The zero-order valence-corrected chi connectivity index (χ0v) is 22.1. The van der Waals surface area contributed by atoms with Gasteiger partial charge >= 0.3 is 12.1 Å². The smallest absolute Gasteiger partial charge is 0.410 e. The first-order valence-electron chi connectivity index (χ1n) is 12.2. The largest absolute Gasteiger partial charge is 0.465 e. The highest BCUT2D eigenvalue weighted by molar-refractivity contribution is 6.02. The minimum atomic E-state index is -0.584. The van der Waals surface area contributed by atoms with E-state index in [1.54, 1.807) is 16.1 Å². The Morgan fingerprint density at radius 3 is 2.54 bits per heavy atom. The van der Waals surface area contributed by atoms with Crippen LogP contribution in [0.15, 0.2) is 35.3 Å². The molecule has 3 heterocycles. The highest BCUT2D eigenvalue weighted by Gasteiger charge is 2.32. The van der Waals surface area contributed by atoms with E-state index >= 15 is 0 Å². The lowest BCUT2D eigenvalue weighted by molar-refractivity contribution is 0.0196. The molecule has 0 bridgehead atoms. The van der Waals surface area contributed by atoms with Crippen LogP contribution in [0.3, 0.4) is 0 Å². The van der Waals surface area contributed by atoms with Gasteiger partial charge in [0.15, 0.2) is 11.5 Å². The molecule has 0 saturated carbocycles. The summed E-state index contributed by atoms with van der Waals surface area (Å²) < 4.78 is 12.2. The molecule has 1 atom stereocenters. The SMILES string of the molecule is COC(=O)c1c(-c2ccccc2)nc(/N=C/N(C)C)n2nc(C3CCCN(C(=O)OC(C)(C)C)C3)nc12. The number of hydrogen-bond acceptors (Lipinski definition) is 8. The molecule has 1 aliphatic rings.